The Morgan fingerprint density at radius 1 is 1.06 bits per heavy atom. The van der Waals surface area contributed by atoms with Gasteiger partial charge in [-0.3, -0.25) is 4.90 Å². The van der Waals surface area contributed by atoms with Crippen molar-refractivity contribution in [3.63, 3.8) is 0 Å². The molecule has 1 aliphatic heterocycles. The minimum absolute atomic E-state index is 0.667. The molecule has 2 heterocycles. The normalized spacial score (nSPS) is 20.1. The van der Waals surface area contributed by atoms with Gasteiger partial charge in [0.2, 0.25) is 0 Å². The molecule has 0 aliphatic carbocycles. The van der Waals surface area contributed by atoms with Gasteiger partial charge in [-0.1, -0.05) is 45.0 Å². The second-order valence-corrected chi connectivity index (χ2v) is 8.87. The van der Waals surface area contributed by atoms with Crippen LogP contribution in [0, 0.1) is 11.8 Å². The number of guanidine groups is 1. The molecule has 0 amide bonds. The smallest absolute Gasteiger partial charge is 0.191 e. The molecular formula is C24H39N7. The highest BCUT2D eigenvalue weighted by molar-refractivity contribution is 5.79. The Balaban J connectivity index is 1.49. The summed E-state index contributed by atoms with van der Waals surface area (Å²) in [4.78, 5) is 7.35. The van der Waals surface area contributed by atoms with Gasteiger partial charge in [-0.25, -0.2) is 4.99 Å². The van der Waals surface area contributed by atoms with Crippen molar-refractivity contribution in [1.29, 1.82) is 0 Å². The van der Waals surface area contributed by atoms with E-state index in [1.54, 1.807) is 6.33 Å². The second-order valence-electron chi connectivity index (χ2n) is 8.87. The summed E-state index contributed by atoms with van der Waals surface area (Å²) in [6, 6.07) is 8.94. The van der Waals surface area contributed by atoms with E-state index in [1.165, 1.54) is 30.6 Å². The molecule has 7 nitrogen and oxygen atoms in total. The van der Waals surface area contributed by atoms with E-state index in [0.29, 0.717) is 6.54 Å². The number of aryl methyl sites for hydroxylation is 1. The number of hydrogen-bond donors (Lipinski definition) is 2. The lowest BCUT2D eigenvalue weighted by molar-refractivity contribution is 0.134. The highest BCUT2D eigenvalue weighted by Gasteiger charge is 2.21. The number of aromatic nitrogens is 3. The fourth-order valence-corrected chi connectivity index (χ4v) is 4.48. The van der Waals surface area contributed by atoms with Gasteiger partial charge in [0.1, 0.15) is 12.2 Å². The van der Waals surface area contributed by atoms with Crippen LogP contribution < -0.4 is 10.6 Å². The Morgan fingerprint density at radius 3 is 2.45 bits per heavy atom. The predicted molar refractivity (Wildman–Crippen MR) is 127 cm³/mol. The zero-order chi connectivity index (χ0) is 22.1. The zero-order valence-corrected chi connectivity index (χ0v) is 19.6. The van der Waals surface area contributed by atoms with Gasteiger partial charge in [0.15, 0.2) is 5.96 Å². The van der Waals surface area contributed by atoms with Crippen LogP contribution in [0.5, 0.6) is 0 Å². The van der Waals surface area contributed by atoms with Gasteiger partial charge in [0.05, 0.1) is 6.54 Å². The molecule has 0 spiro atoms. The van der Waals surface area contributed by atoms with Gasteiger partial charge >= 0.3 is 0 Å². The molecule has 3 rings (SSSR count). The van der Waals surface area contributed by atoms with Crippen LogP contribution in [-0.4, -0.2) is 51.8 Å². The SMILES string of the molecule is CCNC(=NCc1ccc(CN2CC(C)CC(C)C2)cc1)NCCn1cnnc1CC. The Labute approximate surface area is 187 Å². The molecule has 1 saturated heterocycles. The Kier molecular flexibility index (Phi) is 8.88. The molecule has 7 heteroatoms. The molecule has 1 aromatic heterocycles. The van der Waals surface area contributed by atoms with E-state index in [4.69, 9.17) is 4.99 Å². The van der Waals surface area contributed by atoms with E-state index in [-0.39, 0.29) is 0 Å². The molecule has 2 unspecified atom stereocenters. The summed E-state index contributed by atoms with van der Waals surface area (Å²) in [6.07, 6.45) is 4.03. The number of piperidine rings is 1. The van der Waals surface area contributed by atoms with Crippen LogP contribution in [0.1, 0.15) is 51.1 Å². The quantitative estimate of drug-likeness (QED) is 0.477. The van der Waals surface area contributed by atoms with Gasteiger partial charge in [0, 0.05) is 45.7 Å². The number of hydrogen-bond acceptors (Lipinski definition) is 4. The van der Waals surface area contributed by atoms with E-state index in [2.05, 4.69) is 82.3 Å². The molecule has 2 atom stereocenters. The van der Waals surface area contributed by atoms with Crippen molar-refractivity contribution in [3.8, 4) is 0 Å². The molecule has 1 fully saturated rings. The molecular weight excluding hydrogens is 386 g/mol. The van der Waals surface area contributed by atoms with Gasteiger partial charge in [-0.05, 0) is 36.3 Å². The summed E-state index contributed by atoms with van der Waals surface area (Å²) < 4.78 is 2.08. The monoisotopic (exact) mass is 425 g/mol. The third-order valence-corrected chi connectivity index (χ3v) is 5.79. The number of aliphatic imine (C=N–C) groups is 1. The van der Waals surface area contributed by atoms with E-state index in [0.717, 1.165) is 56.2 Å². The Morgan fingerprint density at radius 2 is 1.77 bits per heavy atom. The third-order valence-electron chi connectivity index (χ3n) is 5.79. The zero-order valence-electron chi connectivity index (χ0n) is 19.6. The van der Waals surface area contributed by atoms with Crippen LogP contribution in [-0.2, 0) is 26.1 Å². The minimum atomic E-state index is 0.667. The molecule has 2 aromatic rings. The molecule has 1 aromatic carbocycles. The number of nitrogens with zero attached hydrogens (tertiary/aromatic N) is 5. The predicted octanol–water partition coefficient (Wildman–Crippen LogP) is 3.07. The van der Waals surface area contributed by atoms with Crippen molar-refractivity contribution < 1.29 is 0 Å². The van der Waals surface area contributed by atoms with E-state index in [9.17, 15) is 0 Å². The highest BCUT2D eigenvalue weighted by Crippen LogP contribution is 2.22. The largest absolute Gasteiger partial charge is 0.357 e. The van der Waals surface area contributed by atoms with E-state index < -0.39 is 0 Å². The summed E-state index contributed by atoms with van der Waals surface area (Å²) >= 11 is 0. The van der Waals surface area contributed by atoms with E-state index in [1.807, 2.05) is 0 Å². The maximum absolute atomic E-state index is 4.75. The first-order chi connectivity index (χ1) is 15.1. The van der Waals surface area contributed by atoms with Crippen molar-refractivity contribution in [2.45, 2.75) is 60.2 Å². The summed E-state index contributed by atoms with van der Waals surface area (Å²) in [5.41, 5.74) is 2.62. The van der Waals surface area contributed by atoms with Crippen LogP contribution in [0.15, 0.2) is 35.6 Å². The molecule has 1 aliphatic rings. The van der Waals surface area contributed by atoms with Crippen molar-refractivity contribution in [2.24, 2.45) is 16.8 Å². The molecule has 0 saturated carbocycles. The fraction of sp³-hybridized carbons (Fsp3) is 0.625. The van der Waals surface area contributed by atoms with Crippen LogP contribution in [0.25, 0.3) is 0 Å². The van der Waals surface area contributed by atoms with Gasteiger partial charge in [0.25, 0.3) is 0 Å². The minimum Gasteiger partial charge on any atom is -0.357 e. The number of likely N-dealkylation sites (tertiary alicyclic amines) is 1. The summed E-state index contributed by atoms with van der Waals surface area (Å²) in [7, 11) is 0. The van der Waals surface area contributed by atoms with Crippen molar-refractivity contribution in [3.05, 3.63) is 47.5 Å². The van der Waals surface area contributed by atoms with E-state index >= 15 is 0 Å². The average molecular weight is 426 g/mol. The van der Waals surface area contributed by atoms with Crippen LogP contribution in [0.3, 0.4) is 0 Å². The van der Waals surface area contributed by atoms with Crippen molar-refractivity contribution >= 4 is 5.96 Å². The van der Waals surface area contributed by atoms with Gasteiger partial charge in [-0.2, -0.15) is 0 Å². The maximum atomic E-state index is 4.75. The lowest BCUT2D eigenvalue weighted by Crippen LogP contribution is -2.39. The standard InChI is InChI=1S/C24H39N7/c1-5-23-29-28-18-31(23)12-11-26-24(25-6-2)27-14-21-7-9-22(10-8-21)17-30-15-19(3)13-20(4)16-30/h7-10,18-20H,5-6,11-17H2,1-4H3,(H2,25,26,27). The van der Waals surface area contributed by atoms with Crippen molar-refractivity contribution in [2.75, 3.05) is 26.2 Å². The van der Waals surface area contributed by atoms with Crippen LogP contribution in [0.2, 0.25) is 0 Å². The second kappa shape index (κ2) is 11.8. The average Bonchev–Trinajstić information content (AvgIpc) is 3.20. The number of rotatable bonds is 9. The summed E-state index contributed by atoms with van der Waals surface area (Å²) in [6.45, 7) is 15.5. The third kappa shape index (κ3) is 7.35. The van der Waals surface area contributed by atoms with Crippen molar-refractivity contribution in [1.82, 2.24) is 30.3 Å². The lowest BCUT2D eigenvalue weighted by Gasteiger charge is -2.35. The molecule has 0 bridgehead atoms. The first-order valence-corrected chi connectivity index (χ1v) is 11.8. The Hall–Kier alpha value is -2.41. The summed E-state index contributed by atoms with van der Waals surface area (Å²) in [5, 5.41) is 14.9. The number of benzene rings is 1. The Bertz CT molecular complexity index is 802. The van der Waals surface area contributed by atoms with Gasteiger partial charge < -0.3 is 15.2 Å². The maximum Gasteiger partial charge on any atom is 0.191 e. The first-order valence-electron chi connectivity index (χ1n) is 11.8. The topological polar surface area (TPSA) is 70.4 Å². The fourth-order valence-electron chi connectivity index (χ4n) is 4.48. The molecule has 2 N–H and O–H groups in total. The lowest BCUT2D eigenvalue weighted by atomic mass is 9.91. The number of nitrogens with one attached hydrogen (secondary N) is 2. The molecule has 0 radical (unpaired) electrons. The van der Waals surface area contributed by atoms with Crippen LogP contribution in [0.4, 0.5) is 0 Å². The van der Waals surface area contributed by atoms with Crippen LogP contribution >= 0.6 is 0 Å². The first kappa shape index (κ1) is 23.3. The van der Waals surface area contributed by atoms with Gasteiger partial charge in [-0.15, -0.1) is 10.2 Å². The molecule has 31 heavy (non-hydrogen) atoms. The summed E-state index contributed by atoms with van der Waals surface area (Å²) in [5.74, 6) is 3.45. The highest BCUT2D eigenvalue weighted by atomic mass is 15.3. The molecule has 170 valence electrons.